The minimum atomic E-state index is -0.144. The van der Waals surface area contributed by atoms with Gasteiger partial charge in [0.25, 0.3) is 5.91 Å². The molecule has 0 aromatic carbocycles. The number of anilines is 1. The number of aliphatic hydroxyl groups excluding tert-OH is 1. The first-order valence-corrected chi connectivity index (χ1v) is 7.79. The van der Waals surface area contributed by atoms with Crippen LogP contribution in [-0.4, -0.2) is 34.2 Å². The Balaban J connectivity index is 1.53. The third-order valence-electron chi connectivity index (χ3n) is 3.67. The molecule has 19 heavy (non-hydrogen) atoms. The van der Waals surface area contributed by atoms with Gasteiger partial charge >= 0.3 is 0 Å². The molecule has 2 aliphatic carbocycles. The quantitative estimate of drug-likeness (QED) is 0.786. The predicted octanol–water partition coefficient (Wildman–Crippen LogP) is 1.75. The molecule has 104 valence electrons. The van der Waals surface area contributed by atoms with Crippen molar-refractivity contribution in [2.75, 3.05) is 5.32 Å². The Hall–Kier alpha value is -1.14. The summed E-state index contributed by atoms with van der Waals surface area (Å²) in [7, 11) is 0. The van der Waals surface area contributed by atoms with E-state index in [-0.39, 0.29) is 12.0 Å². The van der Waals surface area contributed by atoms with E-state index in [4.69, 9.17) is 0 Å². The van der Waals surface area contributed by atoms with Gasteiger partial charge in [0.15, 0.2) is 5.13 Å². The summed E-state index contributed by atoms with van der Waals surface area (Å²) >= 11 is 1.47. The van der Waals surface area contributed by atoms with Gasteiger partial charge in [0, 0.05) is 17.5 Å². The number of aromatic nitrogens is 1. The van der Waals surface area contributed by atoms with E-state index in [9.17, 15) is 9.90 Å². The van der Waals surface area contributed by atoms with Crippen molar-refractivity contribution in [2.45, 2.75) is 56.7 Å². The summed E-state index contributed by atoms with van der Waals surface area (Å²) in [4.78, 5) is 16.2. The first-order chi connectivity index (χ1) is 9.20. The minimum Gasteiger partial charge on any atom is -0.393 e. The number of hydrogen-bond donors (Lipinski definition) is 3. The highest BCUT2D eigenvalue weighted by molar-refractivity contribution is 7.13. The highest BCUT2D eigenvalue weighted by Crippen LogP contribution is 2.25. The molecule has 1 amide bonds. The Morgan fingerprint density at radius 1 is 1.21 bits per heavy atom. The predicted molar refractivity (Wildman–Crippen MR) is 74.5 cm³/mol. The van der Waals surface area contributed by atoms with Crippen molar-refractivity contribution in [3.63, 3.8) is 0 Å². The highest BCUT2D eigenvalue weighted by atomic mass is 32.1. The molecule has 2 saturated carbocycles. The zero-order chi connectivity index (χ0) is 13.2. The number of carbonyl (C=O) groups excluding carboxylic acids is 1. The number of amides is 1. The van der Waals surface area contributed by atoms with Crippen molar-refractivity contribution in [3.8, 4) is 0 Å². The molecule has 1 aromatic heterocycles. The van der Waals surface area contributed by atoms with Crippen LogP contribution in [0.2, 0.25) is 0 Å². The van der Waals surface area contributed by atoms with Crippen LogP contribution in [0.5, 0.6) is 0 Å². The van der Waals surface area contributed by atoms with Crippen molar-refractivity contribution in [3.05, 3.63) is 11.1 Å². The fourth-order valence-corrected chi connectivity index (χ4v) is 3.09. The largest absolute Gasteiger partial charge is 0.393 e. The third kappa shape index (κ3) is 3.45. The number of rotatable bonds is 4. The van der Waals surface area contributed by atoms with Gasteiger partial charge < -0.3 is 15.7 Å². The first-order valence-electron chi connectivity index (χ1n) is 6.91. The Kier molecular flexibility index (Phi) is 3.70. The van der Waals surface area contributed by atoms with E-state index in [1.807, 2.05) is 0 Å². The van der Waals surface area contributed by atoms with Gasteiger partial charge in [-0.1, -0.05) is 0 Å². The fraction of sp³-hybridized carbons (Fsp3) is 0.692. The van der Waals surface area contributed by atoms with Crippen LogP contribution in [0.15, 0.2) is 5.38 Å². The van der Waals surface area contributed by atoms with Crippen LogP contribution in [0.4, 0.5) is 5.13 Å². The molecule has 6 heteroatoms. The van der Waals surface area contributed by atoms with Crippen molar-refractivity contribution >= 4 is 22.4 Å². The average Bonchev–Trinajstić information content (AvgIpc) is 3.08. The lowest BCUT2D eigenvalue weighted by Gasteiger charge is -2.25. The lowest BCUT2D eigenvalue weighted by atomic mass is 9.93. The maximum atomic E-state index is 11.8. The molecule has 0 spiro atoms. The maximum Gasteiger partial charge on any atom is 0.271 e. The fourth-order valence-electron chi connectivity index (χ4n) is 2.33. The highest BCUT2D eigenvalue weighted by Gasteiger charge is 2.25. The van der Waals surface area contributed by atoms with Gasteiger partial charge in [-0.15, -0.1) is 11.3 Å². The van der Waals surface area contributed by atoms with Crippen LogP contribution < -0.4 is 10.6 Å². The van der Waals surface area contributed by atoms with Gasteiger partial charge in [-0.3, -0.25) is 4.79 Å². The van der Waals surface area contributed by atoms with E-state index in [1.165, 1.54) is 11.3 Å². The van der Waals surface area contributed by atoms with Crippen molar-refractivity contribution < 1.29 is 9.90 Å². The molecule has 0 unspecified atom stereocenters. The van der Waals surface area contributed by atoms with Gasteiger partial charge in [-0.05, 0) is 38.5 Å². The van der Waals surface area contributed by atoms with Crippen molar-refractivity contribution in [2.24, 2.45) is 0 Å². The molecule has 3 rings (SSSR count). The van der Waals surface area contributed by atoms with E-state index in [0.29, 0.717) is 17.8 Å². The summed E-state index contributed by atoms with van der Waals surface area (Å²) in [5.74, 6) is -0.0640. The Bertz CT molecular complexity index is 450. The van der Waals surface area contributed by atoms with Crippen LogP contribution in [0, 0.1) is 0 Å². The van der Waals surface area contributed by atoms with Crippen molar-refractivity contribution in [1.82, 2.24) is 10.3 Å². The Morgan fingerprint density at radius 2 is 1.89 bits per heavy atom. The van der Waals surface area contributed by atoms with E-state index >= 15 is 0 Å². The van der Waals surface area contributed by atoms with E-state index in [2.05, 4.69) is 15.6 Å². The van der Waals surface area contributed by atoms with Crippen LogP contribution in [-0.2, 0) is 0 Å². The number of nitrogens with zero attached hydrogens (tertiary/aromatic N) is 1. The topological polar surface area (TPSA) is 74.2 Å². The number of aliphatic hydroxyl groups is 1. The number of nitrogens with one attached hydrogen (secondary N) is 2. The van der Waals surface area contributed by atoms with E-state index in [1.54, 1.807) is 5.38 Å². The van der Waals surface area contributed by atoms with Gasteiger partial charge in [0.2, 0.25) is 0 Å². The standard InChI is InChI=1S/C13H19N3O2S/c17-10-5-3-9(4-6-10)15-13-16-11(7-19-13)12(18)14-8-1-2-8/h7-10,17H,1-6H2,(H,14,18)(H,15,16). The molecule has 5 nitrogen and oxygen atoms in total. The van der Waals surface area contributed by atoms with Gasteiger partial charge in [0.05, 0.1) is 6.10 Å². The van der Waals surface area contributed by atoms with E-state index < -0.39 is 0 Å². The van der Waals surface area contributed by atoms with Crippen molar-refractivity contribution in [1.29, 1.82) is 0 Å². The normalized spacial score (nSPS) is 27.0. The van der Waals surface area contributed by atoms with E-state index in [0.717, 1.165) is 43.7 Å². The maximum absolute atomic E-state index is 11.8. The molecule has 2 fully saturated rings. The first kappa shape index (κ1) is 12.9. The molecule has 2 aliphatic rings. The zero-order valence-electron chi connectivity index (χ0n) is 10.8. The lowest BCUT2D eigenvalue weighted by Crippen LogP contribution is -2.28. The van der Waals surface area contributed by atoms with Crippen LogP contribution in [0.3, 0.4) is 0 Å². The molecule has 0 saturated heterocycles. The second kappa shape index (κ2) is 5.46. The monoisotopic (exact) mass is 281 g/mol. The minimum absolute atomic E-state index is 0.0640. The van der Waals surface area contributed by atoms with Crippen LogP contribution in [0.1, 0.15) is 49.0 Å². The summed E-state index contributed by atoms with van der Waals surface area (Å²) in [6, 6.07) is 0.735. The number of thiazole rings is 1. The molecule has 0 aliphatic heterocycles. The summed E-state index contributed by atoms with van der Waals surface area (Å²) in [6.45, 7) is 0. The molecule has 3 N–H and O–H groups in total. The second-order valence-electron chi connectivity index (χ2n) is 5.44. The second-order valence-corrected chi connectivity index (χ2v) is 6.29. The SMILES string of the molecule is O=C(NC1CC1)c1csc(NC2CCC(O)CC2)n1. The van der Waals surface area contributed by atoms with Crippen LogP contribution >= 0.6 is 11.3 Å². The average molecular weight is 281 g/mol. The summed E-state index contributed by atoms with van der Waals surface area (Å²) < 4.78 is 0. The molecule has 0 bridgehead atoms. The van der Waals surface area contributed by atoms with Crippen LogP contribution in [0.25, 0.3) is 0 Å². The molecule has 0 radical (unpaired) electrons. The van der Waals surface area contributed by atoms with Gasteiger partial charge in [-0.2, -0.15) is 0 Å². The lowest BCUT2D eigenvalue weighted by molar-refractivity contribution is 0.0947. The Labute approximate surface area is 116 Å². The summed E-state index contributed by atoms with van der Waals surface area (Å²) in [5.41, 5.74) is 0.509. The summed E-state index contributed by atoms with van der Waals surface area (Å²) in [6.07, 6.45) is 5.65. The smallest absolute Gasteiger partial charge is 0.271 e. The molecule has 1 heterocycles. The van der Waals surface area contributed by atoms with Gasteiger partial charge in [0.1, 0.15) is 5.69 Å². The number of carbonyl (C=O) groups is 1. The Morgan fingerprint density at radius 3 is 2.58 bits per heavy atom. The molecule has 1 aromatic rings. The third-order valence-corrected chi connectivity index (χ3v) is 4.45. The molecular formula is C13H19N3O2S. The molecular weight excluding hydrogens is 262 g/mol. The summed E-state index contributed by atoms with van der Waals surface area (Å²) in [5, 5.41) is 18.4. The zero-order valence-corrected chi connectivity index (χ0v) is 11.6. The molecule has 0 atom stereocenters. The van der Waals surface area contributed by atoms with Gasteiger partial charge in [-0.25, -0.2) is 4.98 Å². The number of hydrogen-bond acceptors (Lipinski definition) is 5.